The molecular formula is C25H23ClN2O3. The van der Waals surface area contributed by atoms with Crippen LogP contribution in [0.2, 0.25) is 5.02 Å². The zero-order valence-corrected chi connectivity index (χ0v) is 17.9. The van der Waals surface area contributed by atoms with Crippen LogP contribution in [0.15, 0.2) is 60.7 Å². The van der Waals surface area contributed by atoms with Gasteiger partial charge in [0.25, 0.3) is 0 Å². The zero-order chi connectivity index (χ0) is 21.7. The van der Waals surface area contributed by atoms with Crippen molar-refractivity contribution >= 4 is 35.0 Å². The second kappa shape index (κ2) is 7.65. The van der Waals surface area contributed by atoms with Gasteiger partial charge in [-0.1, -0.05) is 60.2 Å². The summed E-state index contributed by atoms with van der Waals surface area (Å²) in [5, 5.41) is 3.41. The van der Waals surface area contributed by atoms with E-state index in [0.717, 1.165) is 17.5 Å². The average Bonchev–Trinajstić information content (AvgIpc) is 3.44. The van der Waals surface area contributed by atoms with E-state index in [-0.39, 0.29) is 47.8 Å². The Balaban J connectivity index is 1.47. The van der Waals surface area contributed by atoms with E-state index < -0.39 is 6.04 Å². The number of rotatable bonds is 5. The van der Waals surface area contributed by atoms with Gasteiger partial charge in [0, 0.05) is 17.1 Å². The predicted molar refractivity (Wildman–Crippen MR) is 118 cm³/mol. The second-order valence-electron chi connectivity index (χ2n) is 8.70. The van der Waals surface area contributed by atoms with Gasteiger partial charge in [-0.2, -0.15) is 0 Å². The minimum absolute atomic E-state index is 0.104. The van der Waals surface area contributed by atoms with Gasteiger partial charge in [0.15, 0.2) is 0 Å². The van der Waals surface area contributed by atoms with E-state index in [1.807, 2.05) is 43.3 Å². The number of halogens is 1. The standard InChI is InChI=1S/C25H23ClN2O3/c1-14-7-10-18(26)13-19(14)27-23(29)20(11-15-5-3-2-4-6-15)28-24(30)21-16-8-9-17(12-16)22(21)25(28)31/h2-10,13,16-17,20-22H,11-12H2,1H3,(H,27,29)/t16-,17+,20-,21+,22+/m1/s1. The molecule has 1 aliphatic heterocycles. The van der Waals surface area contributed by atoms with Gasteiger partial charge < -0.3 is 5.32 Å². The Kier molecular flexibility index (Phi) is 4.94. The quantitative estimate of drug-likeness (QED) is 0.571. The summed E-state index contributed by atoms with van der Waals surface area (Å²) in [6.07, 6.45) is 5.24. The first-order valence-corrected chi connectivity index (χ1v) is 11.0. The van der Waals surface area contributed by atoms with Crippen molar-refractivity contribution in [2.75, 3.05) is 5.32 Å². The monoisotopic (exact) mass is 434 g/mol. The normalized spacial score (nSPS) is 27.0. The molecule has 0 radical (unpaired) electrons. The van der Waals surface area contributed by atoms with Gasteiger partial charge in [-0.25, -0.2) is 0 Å². The van der Waals surface area contributed by atoms with Crippen molar-refractivity contribution in [3.63, 3.8) is 0 Å². The molecule has 5 nitrogen and oxygen atoms in total. The molecule has 0 unspecified atom stereocenters. The maximum atomic E-state index is 13.4. The number of anilines is 1. The molecule has 2 aromatic rings. The average molecular weight is 435 g/mol. The molecule has 1 heterocycles. The van der Waals surface area contributed by atoms with Crippen LogP contribution in [0.5, 0.6) is 0 Å². The smallest absolute Gasteiger partial charge is 0.248 e. The predicted octanol–water partition coefficient (Wildman–Crippen LogP) is 4.01. The largest absolute Gasteiger partial charge is 0.324 e. The molecule has 3 amide bonds. The van der Waals surface area contributed by atoms with E-state index in [9.17, 15) is 14.4 Å². The summed E-state index contributed by atoms with van der Waals surface area (Å²) in [5.41, 5.74) is 2.33. The summed E-state index contributed by atoms with van der Waals surface area (Å²) in [6, 6.07) is 13.8. The molecule has 158 valence electrons. The Hall–Kier alpha value is -2.92. The van der Waals surface area contributed by atoms with E-state index in [0.29, 0.717) is 10.7 Å². The first-order chi connectivity index (χ1) is 14.9. The van der Waals surface area contributed by atoms with Crippen LogP contribution < -0.4 is 5.32 Å². The topological polar surface area (TPSA) is 66.5 Å². The van der Waals surface area contributed by atoms with Gasteiger partial charge in [-0.15, -0.1) is 0 Å². The molecule has 0 aromatic heterocycles. The highest BCUT2D eigenvalue weighted by atomic mass is 35.5. The number of nitrogens with one attached hydrogen (secondary N) is 1. The molecule has 5 rings (SSSR count). The lowest BCUT2D eigenvalue weighted by Gasteiger charge is -2.27. The Morgan fingerprint density at radius 3 is 2.35 bits per heavy atom. The number of carbonyl (C=O) groups is 3. The van der Waals surface area contributed by atoms with Crippen LogP contribution in [0.25, 0.3) is 0 Å². The highest BCUT2D eigenvalue weighted by Crippen LogP contribution is 2.53. The van der Waals surface area contributed by atoms with Crippen LogP contribution >= 0.6 is 11.6 Å². The van der Waals surface area contributed by atoms with Gasteiger partial charge in [0.05, 0.1) is 11.8 Å². The number of aryl methyl sites for hydroxylation is 1. The number of fused-ring (bicyclic) bond motifs is 5. The summed E-state index contributed by atoms with van der Waals surface area (Å²) in [6.45, 7) is 1.87. The third-order valence-corrected chi connectivity index (χ3v) is 7.08. The van der Waals surface area contributed by atoms with Crippen LogP contribution in [0.1, 0.15) is 17.5 Å². The summed E-state index contributed by atoms with van der Waals surface area (Å²) in [7, 11) is 0. The molecule has 0 spiro atoms. The van der Waals surface area contributed by atoms with E-state index in [2.05, 4.69) is 17.5 Å². The lowest BCUT2D eigenvalue weighted by Crippen LogP contribution is -2.49. The van der Waals surface area contributed by atoms with Crippen LogP contribution in [-0.4, -0.2) is 28.7 Å². The van der Waals surface area contributed by atoms with Gasteiger partial charge in [0.1, 0.15) is 6.04 Å². The molecule has 6 heteroatoms. The molecule has 2 fully saturated rings. The van der Waals surface area contributed by atoms with E-state index in [4.69, 9.17) is 11.6 Å². The Morgan fingerprint density at radius 2 is 1.71 bits per heavy atom. The Labute approximate surface area is 186 Å². The fourth-order valence-electron chi connectivity index (χ4n) is 5.32. The van der Waals surface area contributed by atoms with Gasteiger partial charge in [0.2, 0.25) is 17.7 Å². The van der Waals surface area contributed by atoms with E-state index in [1.165, 1.54) is 4.90 Å². The van der Waals surface area contributed by atoms with Crippen molar-refractivity contribution in [1.82, 2.24) is 4.90 Å². The molecular weight excluding hydrogens is 412 g/mol. The zero-order valence-electron chi connectivity index (χ0n) is 17.1. The molecule has 5 atom stereocenters. The molecule has 2 aliphatic carbocycles. The number of imide groups is 1. The van der Waals surface area contributed by atoms with Gasteiger partial charge in [-0.05, 0) is 48.4 Å². The van der Waals surface area contributed by atoms with Crippen molar-refractivity contribution in [3.05, 3.63) is 76.8 Å². The van der Waals surface area contributed by atoms with Crippen LogP contribution in [0.4, 0.5) is 5.69 Å². The maximum absolute atomic E-state index is 13.4. The van der Waals surface area contributed by atoms with Gasteiger partial charge in [-0.3, -0.25) is 19.3 Å². The number of amides is 3. The fraction of sp³-hybridized carbons (Fsp3) is 0.320. The molecule has 31 heavy (non-hydrogen) atoms. The highest BCUT2D eigenvalue weighted by Gasteiger charge is 2.61. The molecule has 1 saturated carbocycles. The van der Waals surface area contributed by atoms with Gasteiger partial charge >= 0.3 is 0 Å². The minimum atomic E-state index is -0.911. The second-order valence-corrected chi connectivity index (χ2v) is 9.14. The summed E-state index contributed by atoms with van der Waals surface area (Å²) in [5.74, 6) is -1.27. The summed E-state index contributed by atoms with van der Waals surface area (Å²) >= 11 is 6.11. The summed E-state index contributed by atoms with van der Waals surface area (Å²) < 4.78 is 0. The number of benzene rings is 2. The minimum Gasteiger partial charge on any atom is -0.324 e. The summed E-state index contributed by atoms with van der Waals surface area (Å²) in [4.78, 5) is 41.4. The number of hydrogen-bond donors (Lipinski definition) is 1. The Morgan fingerprint density at radius 1 is 1.06 bits per heavy atom. The van der Waals surface area contributed by atoms with Crippen LogP contribution in [0.3, 0.4) is 0 Å². The SMILES string of the molecule is Cc1ccc(Cl)cc1NC(=O)[C@@H](Cc1ccccc1)N1C(=O)[C@@H]2[C@@H](C1=O)[C@H]1C=C[C@@H]2C1. The number of hydrogen-bond acceptors (Lipinski definition) is 3. The Bertz CT molecular complexity index is 1070. The van der Waals surface area contributed by atoms with Crippen molar-refractivity contribution in [3.8, 4) is 0 Å². The number of nitrogens with zero attached hydrogens (tertiary/aromatic N) is 1. The third-order valence-electron chi connectivity index (χ3n) is 6.85. The van der Waals surface area contributed by atoms with Crippen molar-refractivity contribution in [2.45, 2.75) is 25.8 Å². The van der Waals surface area contributed by atoms with E-state index in [1.54, 1.807) is 12.1 Å². The lowest BCUT2D eigenvalue weighted by atomic mass is 9.85. The fourth-order valence-corrected chi connectivity index (χ4v) is 5.49. The lowest BCUT2D eigenvalue weighted by molar-refractivity contribution is -0.147. The van der Waals surface area contributed by atoms with Crippen LogP contribution in [-0.2, 0) is 20.8 Å². The number of likely N-dealkylation sites (tertiary alicyclic amines) is 1. The maximum Gasteiger partial charge on any atom is 0.248 e. The number of carbonyl (C=O) groups excluding carboxylic acids is 3. The molecule has 2 bridgehead atoms. The molecule has 2 aromatic carbocycles. The highest BCUT2D eigenvalue weighted by molar-refractivity contribution is 6.31. The molecule has 1 N–H and O–H groups in total. The van der Waals surface area contributed by atoms with Crippen molar-refractivity contribution in [2.24, 2.45) is 23.7 Å². The van der Waals surface area contributed by atoms with Crippen molar-refractivity contribution < 1.29 is 14.4 Å². The van der Waals surface area contributed by atoms with E-state index >= 15 is 0 Å². The first kappa shape index (κ1) is 20.0. The first-order valence-electron chi connectivity index (χ1n) is 10.6. The third kappa shape index (κ3) is 3.37. The molecule has 3 aliphatic rings. The number of allylic oxidation sites excluding steroid dienone is 2. The van der Waals surface area contributed by atoms with Crippen LogP contribution in [0, 0.1) is 30.6 Å². The molecule has 1 saturated heterocycles. The van der Waals surface area contributed by atoms with Crippen molar-refractivity contribution in [1.29, 1.82) is 0 Å².